The van der Waals surface area contributed by atoms with Gasteiger partial charge >= 0.3 is 17.9 Å². The van der Waals surface area contributed by atoms with Gasteiger partial charge in [0.15, 0.2) is 0 Å². The van der Waals surface area contributed by atoms with Crippen LogP contribution in [0.15, 0.2) is 132 Å². The van der Waals surface area contributed by atoms with Crippen molar-refractivity contribution < 1.29 is 33.3 Å². The van der Waals surface area contributed by atoms with Gasteiger partial charge in [-0.25, -0.2) is 14.4 Å². The van der Waals surface area contributed by atoms with Crippen molar-refractivity contribution in [1.82, 2.24) is 0 Å². The Morgan fingerprint density at radius 2 is 1.16 bits per heavy atom. The Bertz CT molecular complexity index is 1570. The fourth-order valence-electron chi connectivity index (χ4n) is 4.08. The van der Waals surface area contributed by atoms with Gasteiger partial charge in [-0.3, -0.25) is 0 Å². The molecule has 0 saturated carbocycles. The molecule has 226 valence electrons. The summed E-state index contributed by atoms with van der Waals surface area (Å²) in [4.78, 5) is 39.2. The first-order chi connectivity index (χ1) is 21.5. The molecule has 0 spiro atoms. The molecule has 0 amide bonds. The number of carbonyl (C=O) groups excluding carboxylic acids is 3. The van der Waals surface area contributed by atoms with Crippen molar-refractivity contribution in [2.24, 2.45) is 0 Å². The number of esters is 3. The van der Waals surface area contributed by atoms with E-state index in [0.717, 1.165) is 21.9 Å². The zero-order chi connectivity index (χ0) is 31.1. The van der Waals surface area contributed by atoms with Crippen molar-refractivity contribution in [2.75, 3.05) is 24.7 Å². The van der Waals surface area contributed by atoms with E-state index in [1.54, 1.807) is 42.1 Å². The van der Waals surface area contributed by atoms with Gasteiger partial charge in [0, 0.05) is 38.8 Å². The lowest BCUT2D eigenvalue weighted by Gasteiger charge is -2.19. The molecule has 0 aromatic heterocycles. The molecule has 0 N–H and O–H groups in total. The lowest BCUT2D eigenvalue weighted by molar-refractivity contribution is -0.144. The third-order valence-corrected chi connectivity index (χ3v) is 8.47. The molecular weight excluding hydrogens is 597 g/mol. The fraction of sp³-hybridized carbons (Fsp3) is 0.171. The summed E-state index contributed by atoms with van der Waals surface area (Å²) in [6.45, 7) is 6.92. The van der Waals surface area contributed by atoms with E-state index in [4.69, 9.17) is 18.9 Å². The minimum Gasteiger partial charge on any atom is -0.489 e. The van der Waals surface area contributed by atoms with Gasteiger partial charge in [-0.2, -0.15) is 0 Å². The van der Waals surface area contributed by atoms with Crippen LogP contribution in [0.3, 0.4) is 0 Å². The largest absolute Gasteiger partial charge is 0.489 e. The topological polar surface area (TPSA) is 88.1 Å². The van der Waals surface area contributed by atoms with E-state index >= 15 is 0 Å². The smallest absolute Gasteiger partial charge is 0.338 e. The summed E-state index contributed by atoms with van der Waals surface area (Å²) in [7, 11) is 0. The quantitative estimate of drug-likeness (QED) is 0.0555. The Morgan fingerprint density at radius 3 is 1.73 bits per heavy atom. The van der Waals surface area contributed by atoms with Crippen LogP contribution >= 0.6 is 23.5 Å². The molecule has 0 heterocycles. The first-order valence-electron chi connectivity index (χ1n) is 13.8. The highest BCUT2D eigenvalue weighted by Crippen LogP contribution is 2.29. The van der Waals surface area contributed by atoms with Crippen molar-refractivity contribution >= 4 is 52.2 Å². The second-order valence-corrected chi connectivity index (χ2v) is 11.5. The van der Waals surface area contributed by atoms with Crippen LogP contribution in [-0.2, 0) is 23.8 Å². The standard InChI is InChI=1S/C35H32O7S2/c1-3-33(36)41-25(23-43-27-13-7-5-8-14-27)21-39-32-20-12-17-29-30(32)18-11-19-31(29)35(38)40-22-26(42-34(37)4-2)24-44-28-15-9-6-10-16-28/h3-20,25-26H,1-2,21-24H2. The second kappa shape index (κ2) is 17.0. The van der Waals surface area contributed by atoms with Crippen molar-refractivity contribution in [3.05, 3.63) is 128 Å². The van der Waals surface area contributed by atoms with Gasteiger partial charge in [-0.1, -0.05) is 73.8 Å². The highest BCUT2D eigenvalue weighted by Gasteiger charge is 2.20. The Kier molecular flexibility index (Phi) is 12.5. The number of ether oxygens (including phenoxy) is 4. The average Bonchev–Trinajstić information content (AvgIpc) is 3.07. The maximum absolute atomic E-state index is 13.2. The van der Waals surface area contributed by atoms with Crippen molar-refractivity contribution in [1.29, 1.82) is 0 Å². The van der Waals surface area contributed by atoms with Crippen LogP contribution in [-0.4, -0.2) is 54.8 Å². The van der Waals surface area contributed by atoms with Crippen LogP contribution < -0.4 is 4.74 Å². The zero-order valence-corrected chi connectivity index (χ0v) is 25.6. The van der Waals surface area contributed by atoms with Gasteiger partial charge in [0.2, 0.25) is 0 Å². The molecule has 4 aromatic rings. The predicted octanol–water partition coefficient (Wildman–Crippen LogP) is 7.16. The van der Waals surface area contributed by atoms with Gasteiger partial charge in [-0.15, -0.1) is 23.5 Å². The number of hydrogen-bond acceptors (Lipinski definition) is 9. The molecule has 0 fully saturated rings. The Hall–Kier alpha value is -4.47. The van der Waals surface area contributed by atoms with Crippen molar-refractivity contribution in [3.8, 4) is 5.75 Å². The van der Waals surface area contributed by atoms with Crippen molar-refractivity contribution in [2.45, 2.75) is 22.0 Å². The van der Waals surface area contributed by atoms with E-state index in [0.29, 0.717) is 33.6 Å². The molecule has 0 aliphatic heterocycles. The normalized spacial score (nSPS) is 12.0. The number of rotatable bonds is 16. The molecule has 44 heavy (non-hydrogen) atoms. The molecule has 4 aromatic carbocycles. The lowest BCUT2D eigenvalue weighted by atomic mass is 10.0. The SMILES string of the molecule is C=CC(=O)OC(COC(=O)c1cccc2c(OCC(CSc3ccccc3)OC(=O)C=C)cccc12)CSc1ccccc1. The zero-order valence-electron chi connectivity index (χ0n) is 24.0. The molecule has 0 aliphatic rings. The highest BCUT2D eigenvalue weighted by molar-refractivity contribution is 7.99. The van der Waals surface area contributed by atoms with E-state index < -0.39 is 30.1 Å². The van der Waals surface area contributed by atoms with Crippen molar-refractivity contribution in [3.63, 3.8) is 0 Å². The van der Waals surface area contributed by atoms with E-state index in [1.165, 1.54) is 11.8 Å². The van der Waals surface area contributed by atoms with Crippen LogP contribution in [0.25, 0.3) is 10.8 Å². The Balaban J connectivity index is 1.44. The molecule has 2 atom stereocenters. The number of thioether (sulfide) groups is 2. The minimum atomic E-state index is -0.674. The summed E-state index contributed by atoms with van der Waals surface area (Å²) in [5.74, 6) is -0.288. The number of hydrogen-bond donors (Lipinski definition) is 0. The summed E-state index contributed by atoms with van der Waals surface area (Å²) in [5, 5.41) is 1.33. The molecule has 2 unspecified atom stereocenters. The van der Waals surface area contributed by atoms with Crippen LogP contribution in [0, 0.1) is 0 Å². The van der Waals surface area contributed by atoms with Crippen LogP contribution in [0.4, 0.5) is 0 Å². The monoisotopic (exact) mass is 628 g/mol. The maximum Gasteiger partial charge on any atom is 0.338 e. The van der Waals surface area contributed by atoms with Crippen LogP contribution in [0.5, 0.6) is 5.75 Å². The van der Waals surface area contributed by atoms with Gasteiger partial charge in [-0.05, 0) is 41.8 Å². The number of carbonyl (C=O) groups is 3. The summed E-state index contributed by atoms with van der Waals surface area (Å²) in [6, 6.07) is 30.1. The minimum absolute atomic E-state index is 0.0998. The van der Waals surface area contributed by atoms with Gasteiger partial charge in [0.05, 0.1) is 5.56 Å². The van der Waals surface area contributed by atoms with Gasteiger partial charge in [0.1, 0.15) is 31.2 Å². The second-order valence-electron chi connectivity index (χ2n) is 9.34. The first-order valence-corrected chi connectivity index (χ1v) is 15.8. The Morgan fingerprint density at radius 1 is 0.636 bits per heavy atom. The van der Waals surface area contributed by atoms with E-state index in [2.05, 4.69) is 13.2 Å². The van der Waals surface area contributed by atoms with E-state index in [1.807, 2.05) is 66.7 Å². The summed E-state index contributed by atoms with van der Waals surface area (Å²) in [6.07, 6.45) is 0.988. The third-order valence-electron chi connectivity index (χ3n) is 6.18. The van der Waals surface area contributed by atoms with Crippen LogP contribution in [0.1, 0.15) is 10.4 Å². The molecule has 4 rings (SSSR count). The third kappa shape index (κ3) is 9.79. The molecular formula is C35H32O7S2. The summed E-state index contributed by atoms with van der Waals surface area (Å²) >= 11 is 3.04. The van der Waals surface area contributed by atoms with E-state index in [9.17, 15) is 14.4 Å². The first kappa shape index (κ1) is 32.4. The molecule has 7 nitrogen and oxygen atoms in total. The van der Waals surface area contributed by atoms with Crippen LogP contribution in [0.2, 0.25) is 0 Å². The van der Waals surface area contributed by atoms with Gasteiger partial charge < -0.3 is 18.9 Å². The molecule has 9 heteroatoms. The highest BCUT2D eigenvalue weighted by atomic mass is 32.2. The molecule has 0 aliphatic carbocycles. The molecule has 0 radical (unpaired) electrons. The van der Waals surface area contributed by atoms with Gasteiger partial charge in [0.25, 0.3) is 0 Å². The maximum atomic E-state index is 13.2. The predicted molar refractivity (Wildman–Crippen MR) is 174 cm³/mol. The number of fused-ring (bicyclic) bond motifs is 1. The Labute approximate surface area is 265 Å². The summed E-state index contributed by atoms with van der Waals surface area (Å²) < 4.78 is 22.7. The summed E-state index contributed by atoms with van der Waals surface area (Å²) in [5.41, 5.74) is 0.340. The fourth-order valence-corrected chi connectivity index (χ4v) is 5.87. The number of benzene rings is 4. The lowest BCUT2D eigenvalue weighted by Crippen LogP contribution is -2.27. The molecule has 0 bridgehead atoms. The van der Waals surface area contributed by atoms with E-state index in [-0.39, 0.29) is 13.2 Å². The molecule has 0 saturated heterocycles. The average molecular weight is 629 g/mol.